The molecule has 0 amide bonds. The Balaban J connectivity index is 2.70. The summed E-state index contributed by atoms with van der Waals surface area (Å²) in [6.45, 7) is 4.82. The maximum Gasteiger partial charge on any atom is 0.281 e. The van der Waals surface area contributed by atoms with Crippen LogP contribution < -0.4 is 5.73 Å². The first-order valence-electron chi connectivity index (χ1n) is 5.34. The minimum absolute atomic E-state index is 0.00870. The van der Waals surface area contributed by atoms with Crippen molar-refractivity contribution in [3.8, 4) is 0 Å². The molecule has 0 aromatic heterocycles. The zero-order valence-corrected chi connectivity index (χ0v) is 10.5. The van der Waals surface area contributed by atoms with E-state index < -0.39 is 10.2 Å². The van der Waals surface area contributed by atoms with Gasteiger partial charge < -0.3 is 5.73 Å². The molecule has 1 heterocycles. The third-order valence-corrected chi connectivity index (χ3v) is 5.08. The van der Waals surface area contributed by atoms with Gasteiger partial charge in [0.2, 0.25) is 0 Å². The van der Waals surface area contributed by atoms with Gasteiger partial charge in [-0.25, -0.2) is 0 Å². The zero-order chi connectivity index (χ0) is 11.6. The van der Waals surface area contributed by atoms with Gasteiger partial charge in [0.25, 0.3) is 10.2 Å². The number of hydrogen-bond donors (Lipinski definition) is 1. The molecule has 6 heteroatoms. The van der Waals surface area contributed by atoms with Crippen molar-refractivity contribution < 1.29 is 8.42 Å². The summed E-state index contributed by atoms with van der Waals surface area (Å²) in [6, 6.07) is 0.145. The molecule has 1 saturated heterocycles. The van der Waals surface area contributed by atoms with Crippen LogP contribution in [0.1, 0.15) is 26.7 Å². The first-order valence-corrected chi connectivity index (χ1v) is 6.74. The number of rotatable bonds is 3. The fourth-order valence-electron chi connectivity index (χ4n) is 1.56. The average molecular weight is 235 g/mol. The Hall–Kier alpha value is -0.170. The predicted molar refractivity (Wildman–Crippen MR) is 60.6 cm³/mol. The van der Waals surface area contributed by atoms with Crippen LogP contribution in [0, 0.1) is 0 Å². The van der Waals surface area contributed by atoms with Crippen molar-refractivity contribution in [1.82, 2.24) is 8.61 Å². The summed E-state index contributed by atoms with van der Waals surface area (Å²) in [5, 5.41) is 0. The minimum Gasteiger partial charge on any atom is -0.328 e. The Morgan fingerprint density at radius 1 is 1.33 bits per heavy atom. The van der Waals surface area contributed by atoms with E-state index in [-0.39, 0.29) is 12.1 Å². The van der Waals surface area contributed by atoms with E-state index in [4.69, 9.17) is 5.73 Å². The lowest BCUT2D eigenvalue weighted by Crippen LogP contribution is -2.49. The van der Waals surface area contributed by atoms with E-state index >= 15 is 0 Å². The Bertz CT molecular complexity index is 294. The molecular weight excluding hydrogens is 214 g/mol. The summed E-state index contributed by atoms with van der Waals surface area (Å²) in [5.74, 6) is 0. The summed E-state index contributed by atoms with van der Waals surface area (Å²) in [7, 11) is -1.65. The fourth-order valence-corrected chi connectivity index (χ4v) is 3.12. The molecule has 0 aliphatic carbocycles. The number of nitrogens with zero attached hydrogens (tertiary/aromatic N) is 2. The van der Waals surface area contributed by atoms with Crippen LogP contribution in [0.4, 0.5) is 0 Å². The van der Waals surface area contributed by atoms with Crippen molar-refractivity contribution in [3.05, 3.63) is 0 Å². The standard InChI is InChI=1S/C9H21N3O2S/c1-8(2)11(3)15(13,14)12-6-4-9(10)5-7-12/h8-9H,4-7,10H2,1-3H3. The maximum absolute atomic E-state index is 12.0. The highest BCUT2D eigenvalue weighted by molar-refractivity contribution is 7.86. The molecule has 2 N–H and O–H groups in total. The molecule has 0 aromatic carbocycles. The summed E-state index contributed by atoms with van der Waals surface area (Å²) >= 11 is 0. The fraction of sp³-hybridized carbons (Fsp3) is 1.00. The third-order valence-electron chi connectivity index (χ3n) is 2.92. The Kier molecular flexibility index (Phi) is 4.11. The lowest BCUT2D eigenvalue weighted by Gasteiger charge is -2.33. The van der Waals surface area contributed by atoms with Crippen LogP contribution in [-0.2, 0) is 10.2 Å². The SMILES string of the molecule is CC(C)N(C)S(=O)(=O)N1CCC(N)CC1. The second-order valence-corrected chi connectivity index (χ2v) is 6.34. The highest BCUT2D eigenvalue weighted by Gasteiger charge is 2.31. The zero-order valence-electron chi connectivity index (χ0n) is 9.68. The van der Waals surface area contributed by atoms with Gasteiger partial charge in [-0.1, -0.05) is 0 Å². The van der Waals surface area contributed by atoms with E-state index in [1.54, 1.807) is 7.05 Å². The van der Waals surface area contributed by atoms with Gasteiger partial charge in [0.15, 0.2) is 0 Å². The summed E-state index contributed by atoms with van der Waals surface area (Å²) in [4.78, 5) is 0. The summed E-state index contributed by atoms with van der Waals surface area (Å²) in [5.41, 5.74) is 5.74. The average Bonchev–Trinajstić information content (AvgIpc) is 2.17. The highest BCUT2D eigenvalue weighted by Crippen LogP contribution is 2.16. The topological polar surface area (TPSA) is 66.6 Å². The molecule has 0 aromatic rings. The van der Waals surface area contributed by atoms with Gasteiger partial charge >= 0.3 is 0 Å². The quantitative estimate of drug-likeness (QED) is 0.748. The van der Waals surface area contributed by atoms with Gasteiger partial charge in [-0.3, -0.25) is 0 Å². The molecule has 0 unspecified atom stereocenters. The van der Waals surface area contributed by atoms with Crippen molar-refractivity contribution in [2.24, 2.45) is 5.73 Å². The molecule has 5 nitrogen and oxygen atoms in total. The summed E-state index contributed by atoms with van der Waals surface area (Å²) < 4.78 is 27.0. The summed E-state index contributed by atoms with van der Waals surface area (Å²) in [6.07, 6.45) is 1.51. The van der Waals surface area contributed by atoms with E-state index in [0.717, 1.165) is 12.8 Å². The van der Waals surface area contributed by atoms with E-state index in [2.05, 4.69) is 0 Å². The molecule has 0 atom stereocenters. The molecule has 90 valence electrons. The first-order chi connectivity index (χ1) is 6.85. The lowest BCUT2D eigenvalue weighted by atomic mass is 10.1. The Morgan fingerprint density at radius 2 is 1.80 bits per heavy atom. The molecule has 0 radical (unpaired) electrons. The van der Waals surface area contributed by atoms with Gasteiger partial charge in [0.05, 0.1) is 0 Å². The molecule has 1 aliphatic heterocycles. The second kappa shape index (κ2) is 4.78. The van der Waals surface area contributed by atoms with Crippen LogP contribution in [0.3, 0.4) is 0 Å². The molecule has 0 spiro atoms. The molecular formula is C9H21N3O2S. The van der Waals surface area contributed by atoms with E-state index in [0.29, 0.717) is 13.1 Å². The molecule has 1 aliphatic rings. The van der Waals surface area contributed by atoms with Gasteiger partial charge in [-0.05, 0) is 26.7 Å². The van der Waals surface area contributed by atoms with Gasteiger partial charge in [-0.2, -0.15) is 17.0 Å². The maximum atomic E-state index is 12.0. The monoisotopic (exact) mass is 235 g/mol. The molecule has 15 heavy (non-hydrogen) atoms. The van der Waals surface area contributed by atoms with Gasteiger partial charge in [0, 0.05) is 32.2 Å². The molecule has 0 saturated carbocycles. The van der Waals surface area contributed by atoms with E-state index in [9.17, 15) is 8.42 Å². The van der Waals surface area contributed by atoms with Gasteiger partial charge in [-0.15, -0.1) is 0 Å². The lowest BCUT2D eigenvalue weighted by molar-refractivity contribution is 0.286. The van der Waals surface area contributed by atoms with Crippen molar-refractivity contribution in [2.45, 2.75) is 38.8 Å². The van der Waals surface area contributed by atoms with E-state index in [1.165, 1.54) is 8.61 Å². The molecule has 1 fully saturated rings. The second-order valence-electron chi connectivity index (χ2n) is 4.35. The first kappa shape index (κ1) is 12.9. The van der Waals surface area contributed by atoms with Crippen molar-refractivity contribution in [1.29, 1.82) is 0 Å². The Morgan fingerprint density at radius 3 is 2.20 bits per heavy atom. The van der Waals surface area contributed by atoms with Crippen LogP contribution >= 0.6 is 0 Å². The number of nitrogens with two attached hydrogens (primary N) is 1. The van der Waals surface area contributed by atoms with Crippen LogP contribution in [0.5, 0.6) is 0 Å². The highest BCUT2D eigenvalue weighted by atomic mass is 32.2. The molecule has 0 bridgehead atoms. The largest absolute Gasteiger partial charge is 0.328 e. The number of hydrogen-bond acceptors (Lipinski definition) is 3. The van der Waals surface area contributed by atoms with Crippen LogP contribution in [0.2, 0.25) is 0 Å². The van der Waals surface area contributed by atoms with E-state index in [1.807, 2.05) is 13.8 Å². The Labute approximate surface area is 92.4 Å². The van der Waals surface area contributed by atoms with Crippen LogP contribution in [0.15, 0.2) is 0 Å². The number of piperidine rings is 1. The van der Waals surface area contributed by atoms with Crippen molar-refractivity contribution in [3.63, 3.8) is 0 Å². The third kappa shape index (κ3) is 2.90. The van der Waals surface area contributed by atoms with Crippen LogP contribution in [0.25, 0.3) is 0 Å². The van der Waals surface area contributed by atoms with Crippen molar-refractivity contribution >= 4 is 10.2 Å². The predicted octanol–water partition coefficient (Wildman–Crippen LogP) is -0.00550. The minimum atomic E-state index is -3.27. The normalized spacial score (nSPS) is 21.5. The van der Waals surface area contributed by atoms with Crippen molar-refractivity contribution in [2.75, 3.05) is 20.1 Å². The van der Waals surface area contributed by atoms with Gasteiger partial charge in [0.1, 0.15) is 0 Å². The smallest absolute Gasteiger partial charge is 0.281 e. The molecule has 1 rings (SSSR count). The van der Waals surface area contributed by atoms with Crippen LogP contribution in [-0.4, -0.2) is 49.2 Å².